The monoisotopic (exact) mass is 459 g/mol. The second-order valence-electron chi connectivity index (χ2n) is 7.09. The number of benzene rings is 3. The van der Waals surface area contributed by atoms with Crippen molar-refractivity contribution in [2.45, 2.75) is 6.42 Å². The summed E-state index contributed by atoms with van der Waals surface area (Å²) in [6.07, 6.45) is 3.79. The molecular formula is C26H25N3O3S. The number of ether oxygens (including phenoxy) is 1. The van der Waals surface area contributed by atoms with Crippen LogP contribution in [0.5, 0.6) is 5.75 Å². The van der Waals surface area contributed by atoms with Gasteiger partial charge >= 0.3 is 0 Å². The molecular weight excluding hydrogens is 434 g/mol. The number of para-hydroxylation sites is 1. The zero-order valence-electron chi connectivity index (χ0n) is 18.2. The van der Waals surface area contributed by atoms with Gasteiger partial charge in [0.25, 0.3) is 5.91 Å². The van der Waals surface area contributed by atoms with Gasteiger partial charge in [0.2, 0.25) is 5.91 Å². The van der Waals surface area contributed by atoms with Crippen LogP contribution in [-0.4, -0.2) is 30.6 Å². The highest BCUT2D eigenvalue weighted by atomic mass is 32.1. The molecule has 7 heteroatoms. The van der Waals surface area contributed by atoms with Crippen molar-refractivity contribution in [2.75, 3.05) is 19.0 Å². The molecule has 33 heavy (non-hydrogen) atoms. The van der Waals surface area contributed by atoms with Gasteiger partial charge in [-0.25, -0.2) is 0 Å². The molecule has 168 valence electrons. The molecule has 3 aromatic rings. The Kier molecular flexibility index (Phi) is 8.73. The first-order valence-electron chi connectivity index (χ1n) is 10.4. The van der Waals surface area contributed by atoms with Gasteiger partial charge in [0.1, 0.15) is 5.75 Å². The highest BCUT2D eigenvalue weighted by molar-refractivity contribution is 7.80. The van der Waals surface area contributed by atoms with E-state index in [4.69, 9.17) is 17.0 Å². The third kappa shape index (κ3) is 7.59. The molecule has 0 aliphatic carbocycles. The van der Waals surface area contributed by atoms with E-state index in [9.17, 15) is 9.59 Å². The van der Waals surface area contributed by atoms with Gasteiger partial charge in [-0.1, -0.05) is 54.6 Å². The molecule has 0 saturated carbocycles. The van der Waals surface area contributed by atoms with E-state index in [2.05, 4.69) is 16.0 Å². The Balaban J connectivity index is 1.53. The van der Waals surface area contributed by atoms with Gasteiger partial charge in [0.15, 0.2) is 5.11 Å². The van der Waals surface area contributed by atoms with Crippen molar-refractivity contribution in [3.8, 4) is 5.75 Å². The Morgan fingerprint density at radius 3 is 2.36 bits per heavy atom. The molecule has 0 radical (unpaired) electrons. The van der Waals surface area contributed by atoms with E-state index in [-0.39, 0.29) is 16.9 Å². The normalized spacial score (nSPS) is 10.5. The van der Waals surface area contributed by atoms with Gasteiger partial charge in [-0.05, 0) is 60.1 Å². The summed E-state index contributed by atoms with van der Waals surface area (Å²) in [4.78, 5) is 24.9. The predicted octanol–water partition coefficient (Wildman–Crippen LogP) is 4.19. The Morgan fingerprint density at radius 2 is 1.64 bits per heavy atom. The Labute approximate surface area is 198 Å². The standard InChI is InChI=1S/C26H25N3O3S/c1-32-21-14-11-20(12-15-21)13-16-24(30)29-26(33)28-23-10-6-5-9-22(23)25(31)27-18-17-19-7-3-2-4-8-19/h2-16H,17-18H2,1H3,(H,27,31)(H2,28,29,30,33). The fourth-order valence-corrected chi connectivity index (χ4v) is 3.25. The number of rotatable bonds is 8. The topological polar surface area (TPSA) is 79.5 Å². The van der Waals surface area contributed by atoms with Crippen molar-refractivity contribution in [3.63, 3.8) is 0 Å². The van der Waals surface area contributed by atoms with E-state index in [1.54, 1.807) is 37.5 Å². The van der Waals surface area contributed by atoms with Gasteiger partial charge in [0, 0.05) is 12.6 Å². The summed E-state index contributed by atoms with van der Waals surface area (Å²) < 4.78 is 5.12. The first-order valence-corrected chi connectivity index (χ1v) is 10.8. The van der Waals surface area contributed by atoms with Crippen molar-refractivity contribution in [3.05, 3.63) is 102 Å². The Bertz CT molecular complexity index is 1130. The van der Waals surface area contributed by atoms with E-state index < -0.39 is 0 Å². The van der Waals surface area contributed by atoms with Crippen molar-refractivity contribution in [2.24, 2.45) is 0 Å². The molecule has 0 heterocycles. The molecule has 2 amide bonds. The maximum absolute atomic E-state index is 12.7. The van der Waals surface area contributed by atoms with Crippen LogP contribution in [0, 0.1) is 0 Å². The highest BCUT2D eigenvalue weighted by Gasteiger charge is 2.12. The van der Waals surface area contributed by atoms with Gasteiger partial charge in [-0.2, -0.15) is 0 Å². The zero-order valence-corrected chi connectivity index (χ0v) is 19.0. The minimum atomic E-state index is -0.381. The lowest BCUT2D eigenvalue weighted by molar-refractivity contribution is -0.115. The number of anilines is 1. The summed E-state index contributed by atoms with van der Waals surface area (Å²) in [6, 6.07) is 24.2. The third-order valence-electron chi connectivity index (χ3n) is 4.74. The molecule has 0 fully saturated rings. The van der Waals surface area contributed by atoms with Crippen LogP contribution in [0.15, 0.2) is 84.9 Å². The van der Waals surface area contributed by atoms with E-state index in [1.165, 1.54) is 6.08 Å². The van der Waals surface area contributed by atoms with Gasteiger partial charge in [-0.3, -0.25) is 14.9 Å². The summed E-state index contributed by atoms with van der Waals surface area (Å²) in [7, 11) is 1.60. The maximum Gasteiger partial charge on any atom is 0.253 e. The van der Waals surface area contributed by atoms with Gasteiger partial charge in [0.05, 0.1) is 18.4 Å². The number of thiocarbonyl (C=S) groups is 1. The van der Waals surface area contributed by atoms with Crippen LogP contribution >= 0.6 is 12.2 Å². The second kappa shape index (κ2) is 12.2. The minimum absolute atomic E-state index is 0.101. The Morgan fingerprint density at radius 1 is 0.939 bits per heavy atom. The van der Waals surface area contributed by atoms with Crippen molar-refractivity contribution >= 4 is 40.9 Å². The molecule has 6 nitrogen and oxygen atoms in total. The lowest BCUT2D eigenvalue weighted by Gasteiger charge is -2.13. The summed E-state index contributed by atoms with van der Waals surface area (Å²) in [5, 5.41) is 8.54. The van der Waals surface area contributed by atoms with E-state index in [0.29, 0.717) is 17.8 Å². The molecule has 0 aliphatic heterocycles. The highest BCUT2D eigenvalue weighted by Crippen LogP contribution is 2.15. The van der Waals surface area contributed by atoms with E-state index in [0.717, 1.165) is 23.3 Å². The molecule has 0 spiro atoms. The molecule has 3 N–H and O–H groups in total. The largest absolute Gasteiger partial charge is 0.497 e. The van der Waals surface area contributed by atoms with E-state index in [1.807, 2.05) is 54.6 Å². The minimum Gasteiger partial charge on any atom is -0.497 e. The van der Waals surface area contributed by atoms with Crippen LogP contribution in [-0.2, 0) is 11.2 Å². The van der Waals surface area contributed by atoms with Crippen LogP contribution in [0.1, 0.15) is 21.5 Å². The third-order valence-corrected chi connectivity index (χ3v) is 4.95. The van der Waals surface area contributed by atoms with Crippen molar-refractivity contribution in [1.82, 2.24) is 10.6 Å². The van der Waals surface area contributed by atoms with Gasteiger partial charge < -0.3 is 15.4 Å². The molecule has 3 aromatic carbocycles. The first kappa shape index (κ1) is 23.7. The fraction of sp³-hybridized carbons (Fsp3) is 0.115. The summed E-state index contributed by atoms with van der Waals surface area (Å²) in [6.45, 7) is 0.508. The van der Waals surface area contributed by atoms with Crippen molar-refractivity contribution in [1.29, 1.82) is 0 Å². The number of amides is 2. The number of nitrogens with one attached hydrogen (secondary N) is 3. The fourth-order valence-electron chi connectivity index (χ4n) is 3.04. The molecule has 0 bridgehead atoms. The summed E-state index contributed by atoms with van der Waals surface area (Å²) in [5.74, 6) is 0.139. The predicted molar refractivity (Wildman–Crippen MR) is 135 cm³/mol. The van der Waals surface area contributed by atoms with Crippen LogP contribution in [0.3, 0.4) is 0 Å². The van der Waals surface area contributed by atoms with Crippen LogP contribution in [0.4, 0.5) is 5.69 Å². The maximum atomic E-state index is 12.7. The average molecular weight is 460 g/mol. The van der Waals surface area contributed by atoms with Gasteiger partial charge in [-0.15, -0.1) is 0 Å². The molecule has 3 rings (SSSR count). The number of hydrogen-bond donors (Lipinski definition) is 3. The molecule has 0 aliphatic rings. The molecule has 0 unspecified atom stereocenters. The average Bonchev–Trinajstić information content (AvgIpc) is 2.84. The van der Waals surface area contributed by atoms with Crippen LogP contribution in [0.25, 0.3) is 6.08 Å². The second-order valence-corrected chi connectivity index (χ2v) is 7.50. The number of carbonyl (C=O) groups excluding carboxylic acids is 2. The lowest BCUT2D eigenvalue weighted by atomic mass is 10.1. The van der Waals surface area contributed by atoms with Crippen LogP contribution < -0.4 is 20.7 Å². The summed E-state index contributed by atoms with van der Waals surface area (Å²) >= 11 is 5.25. The molecule has 0 saturated heterocycles. The number of carbonyl (C=O) groups is 2. The summed E-state index contributed by atoms with van der Waals surface area (Å²) in [5.41, 5.74) is 2.95. The first-order chi connectivity index (χ1) is 16.0. The molecule has 0 atom stereocenters. The lowest BCUT2D eigenvalue weighted by Crippen LogP contribution is -2.34. The van der Waals surface area contributed by atoms with E-state index >= 15 is 0 Å². The smallest absolute Gasteiger partial charge is 0.253 e. The number of methoxy groups -OCH3 is 1. The molecule has 0 aromatic heterocycles. The quantitative estimate of drug-likeness (QED) is 0.348. The van der Waals surface area contributed by atoms with Crippen molar-refractivity contribution < 1.29 is 14.3 Å². The SMILES string of the molecule is COc1ccc(C=CC(=O)NC(=S)Nc2ccccc2C(=O)NCCc2ccccc2)cc1. The Hall–Kier alpha value is -3.97. The zero-order chi connectivity index (χ0) is 23.5. The van der Waals surface area contributed by atoms with Crippen LogP contribution in [0.2, 0.25) is 0 Å². The number of hydrogen-bond acceptors (Lipinski definition) is 4.